The molecule has 2 rings (SSSR count). The zero-order chi connectivity index (χ0) is 18.1. The maximum atomic E-state index is 4.57. The van der Waals surface area contributed by atoms with E-state index in [0.29, 0.717) is 0 Å². The summed E-state index contributed by atoms with van der Waals surface area (Å²) in [5.74, 6) is 0. The molecular formula is C21H24N4. The van der Waals surface area contributed by atoms with Crippen molar-refractivity contribution in [3.63, 3.8) is 0 Å². The fraction of sp³-hybridized carbons (Fsp3) is 0.190. The molecule has 2 aromatic rings. The molecule has 128 valence electrons. The van der Waals surface area contributed by atoms with Crippen molar-refractivity contribution in [1.82, 2.24) is 15.2 Å². The molecule has 0 amide bonds. The molecule has 4 heteroatoms. The van der Waals surface area contributed by atoms with Crippen molar-refractivity contribution in [3.8, 4) is 11.1 Å². The van der Waals surface area contributed by atoms with Gasteiger partial charge in [0.05, 0.1) is 23.3 Å². The molecule has 0 unspecified atom stereocenters. The lowest BCUT2D eigenvalue weighted by Gasteiger charge is -2.09. The van der Waals surface area contributed by atoms with Crippen molar-refractivity contribution >= 4 is 17.9 Å². The van der Waals surface area contributed by atoms with Crippen LogP contribution < -0.4 is 0 Å². The average molecular weight is 332 g/mol. The zero-order valence-electron chi connectivity index (χ0n) is 15.0. The van der Waals surface area contributed by atoms with Gasteiger partial charge in [-0.1, -0.05) is 37.8 Å². The van der Waals surface area contributed by atoms with E-state index in [2.05, 4.69) is 33.7 Å². The fourth-order valence-corrected chi connectivity index (χ4v) is 2.50. The summed E-state index contributed by atoms with van der Waals surface area (Å²) in [6, 6.07) is 1.98. The van der Waals surface area contributed by atoms with Crippen LogP contribution in [0.4, 0.5) is 0 Å². The van der Waals surface area contributed by atoms with E-state index in [9.17, 15) is 0 Å². The number of aromatic nitrogens is 3. The molecule has 0 saturated heterocycles. The van der Waals surface area contributed by atoms with E-state index in [1.807, 2.05) is 68.8 Å². The molecule has 1 N–H and O–H groups in total. The molecular weight excluding hydrogens is 308 g/mol. The third-order valence-electron chi connectivity index (χ3n) is 3.61. The quantitative estimate of drug-likeness (QED) is 0.687. The average Bonchev–Trinajstić information content (AvgIpc) is 3.10. The second-order valence-electron chi connectivity index (χ2n) is 5.33. The Balaban J connectivity index is 2.62. The molecule has 0 aliphatic carbocycles. The molecule has 0 bridgehead atoms. The summed E-state index contributed by atoms with van der Waals surface area (Å²) < 4.78 is 0. The van der Waals surface area contributed by atoms with Crippen molar-refractivity contribution in [2.24, 2.45) is 4.99 Å². The molecule has 4 nitrogen and oxygen atoms in total. The van der Waals surface area contributed by atoms with Crippen LogP contribution in [-0.2, 0) is 0 Å². The van der Waals surface area contributed by atoms with E-state index in [1.54, 1.807) is 6.20 Å². The summed E-state index contributed by atoms with van der Waals surface area (Å²) in [4.78, 5) is 9.01. The van der Waals surface area contributed by atoms with Gasteiger partial charge in [-0.05, 0) is 44.1 Å². The van der Waals surface area contributed by atoms with Crippen LogP contribution in [0.5, 0.6) is 0 Å². The van der Waals surface area contributed by atoms with Gasteiger partial charge >= 0.3 is 0 Å². The van der Waals surface area contributed by atoms with Gasteiger partial charge < -0.3 is 0 Å². The van der Waals surface area contributed by atoms with Gasteiger partial charge in [0.15, 0.2) is 0 Å². The van der Waals surface area contributed by atoms with Crippen LogP contribution in [-0.4, -0.2) is 20.9 Å². The second kappa shape index (κ2) is 9.33. The minimum absolute atomic E-state index is 0.833. The molecule has 2 aromatic heterocycles. The standard InChI is InChI=1S/C21H24N4/c1-5-9-13-22-20(11-7-3)21-18(15-24-25-21)17-12-14-23-19(10-6-2)16(17)8-4/h6-15H,4-5H2,1-3H3,(H,24,25)/b10-6-,11-7-,13-9-,22-20+. The largest absolute Gasteiger partial charge is 0.276 e. The topological polar surface area (TPSA) is 53.9 Å². The van der Waals surface area contributed by atoms with Gasteiger partial charge in [0.1, 0.15) is 0 Å². The van der Waals surface area contributed by atoms with Gasteiger partial charge in [-0.2, -0.15) is 5.10 Å². The van der Waals surface area contributed by atoms with Crippen molar-refractivity contribution in [3.05, 3.63) is 72.5 Å². The Bertz CT molecular complexity index is 835. The van der Waals surface area contributed by atoms with E-state index in [0.717, 1.165) is 40.2 Å². The smallest absolute Gasteiger partial charge is 0.0912 e. The number of rotatable bonds is 7. The van der Waals surface area contributed by atoms with Crippen LogP contribution in [0.15, 0.2) is 60.5 Å². The Morgan fingerprint density at radius 2 is 2.12 bits per heavy atom. The summed E-state index contributed by atoms with van der Waals surface area (Å²) in [6.07, 6.45) is 18.1. The van der Waals surface area contributed by atoms with Gasteiger partial charge in [-0.3, -0.25) is 15.1 Å². The summed E-state index contributed by atoms with van der Waals surface area (Å²) in [5, 5.41) is 7.32. The molecule has 0 spiro atoms. The highest BCUT2D eigenvalue weighted by molar-refractivity contribution is 6.11. The monoisotopic (exact) mass is 332 g/mol. The highest BCUT2D eigenvalue weighted by atomic mass is 15.1. The SMILES string of the molecule is C=Cc1c(-c2cn[nH]c2C(/C=C\C)=N/C=C\CC)ccnc1/C=C\C. The zero-order valence-corrected chi connectivity index (χ0v) is 15.0. The van der Waals surface area contributed by atoms with Gasteiger partial charge in [-0.15, -0.1) is 0 Å². The molecule has 0 fully saturated rings. The van der Waals surface area contributed by atoms with Crippen LogP contribution in [0.25, 0.3) is 23.3 Å². The van der Waals surface area contributed by atoms with E-state index in [4.69, 9.17) is 0 Å². The molecule has 0 radical (unpaired) electrons. The van der Waals surface area contributed by atoms with Crippen molar-refractivity contribution in [1.29, 1.82) is 0 Å². The van der Waals surface area contributed by atoms with E-state index >= 15 is 0 Å². The number of hydrogen-bond donors (Lipinski definition) is 1. The van der Waals surface area contributed by atoms with E-state index in [1.165, 1.54) is 0 Å². The van der Waals surface area contributed by atoms with Crippen LogP contribution in [0, 0.1) is 0 Å². The first-order chi connectivity index (χ1) is 12.3. The van der Waals surface area contributed by atoms with Crippen LogP contribution in [0.3, 0.4) is 0 Å². The number of nitrogens with zero attached hydrogens (tertiary/aromatic N) is 3. The first-order valence-corrected chi connectivity index (χ1v) is 8.40. The molecule has 0 aliphatic heterocycles. The molecule has 0 saturated carbocycles. The lowest BCUT2D eigenvalue weighted by Crippen LogP contribution is -2.01. The number of pyridine rings is 1. The lowest BCUT2D eigenvalue weighted by molar-refractivity contribution is 1.08. The first kappa shape index (κ1) is 18.3. The highest BCUT2D eigenvalue weighted by Gasteiger charge is 2.15. The van der Waals surface area contributed by atoms with Crippen molar-refractivity contribution in [2.75, 3.05) is 0 Å². The van der Waals surface area contributed by atoms with Crippen LogP contribution in [0.1, 0.15) is 44.1 Å². The third-order valence-corrected chi connectivity index (χ3v) is 3.61. The number of aromatic amines is 1. The Hall–Kier alpha value is -3.01. The van der Waals surface area contributed by atoms with Crippen molar-refractivity contribution < 1.29 is 0 Å². The maximum Gasteiger partial charge on any atom is 0.0912 e. The van der Waals surface area contributed by atoms with Gasteiger partial charge in [-0.25, -0.2) is 0 Å². The summed E-state index contributed by atoms with van der Waals surface area (Å²) in [7, 11) is 0. The van der Waals surface area contributed by atoms with E-state index in [-0.39, 0.29) is 0 Å². The van der Waals surface area contributed by atoms with Crippen molar-refractivity contribution in [2.45, 2.75) is 27.2 Å². The Kier molecular flexibility index (Phi) is 6.84. The second-order valence-corrected chi connectivity index (χ2v) is 5.33. The third kappa shape index (κ3) is 4.29. The molecule has 2 heterocycles. The van der Waals surface area contributed by atoms with Crippen LogP contribution in [0.2, 0.25) is 0 Å². The van der Waals surface area contributed by atoms with Gasteiger partial charge in [0.25, 0.3) is 0 Å². The Morgan fingerprint density at radius 1 is 1.28 bits per heavy atom. The Labute approximate surface area is 149 Å². The predicted octanol–water partition coefficient (Wildman–Crippen LogP) is 5.44. The maximum absolute atomic E-state index is 4.57. The highest BCUT2D eigenvalue weighted by Crippen LogP contribution is 2.29. The Morgan fingerprint density at radius 3 is 2.80 bits per heavy atom. The summed E-state index contributed by atoms with van der Waals surface area (Å²) in [6.45, 7) is 9.99. The normalized spacial score (nSPS) is 12.7. The number of aliphatic imine (C=N–C) groups is 1. The predicted molar refractivity (Wildman–Crippen MR) is 107 cm³/mol. The molecule has 0 aromatic carbocycles. The minimum atomic E-state index is 0.833. The number of allylic oxidation sites excluding steroid dienone is 4. The summed E-state index contributed by atoms with van der Waals surface area (Å²) in [5.41, 5.74) is 5.58. The van der Waals surface area contributed by atoms with Gasteiger partial charge in [0, 0.05) is 23.5 Å². The lowest BCUT2D eigenvalue weighted by atomic mass is 9.97. The minimum Gasteiger partial charge on any atom is -0.276 e. The van der Waals surface area contributed by atoms with E-state index < -0.39 is 0 Å². The first-order valence-electron chi connectivity index (χ1n) is 8.40. The molecule has 0 aliphatic rings. The number of hydrogen-bond acceptors (Lipinski definition) is 3. The van der Waals surface area contributed by atoms with Crippen LogP contribution >= 0.6 is 0 Å². The number of nitrogens with one attached hydrogen (secondary N) is 1. The summed E-state index contributed by atoms with van der Waals surface area (Å²) >= 11 is 0. The number of H-pyrrole nitrogens is 1. The van der Waals surface area contributed by atoms with Gasteiger partial charge in [0.2, 0.25) is 0 Å². The fourth-order valence-electron chi connectivity index (χ4n) is 2.50. The molecule has 25 heavy (non-hydrogen) atoms. The molecule has 0 atom stereocenters.